The van der Waals surface area contributed by atoms with Gasteiger partial charge in [-0.3, -0.25) is 4.79 Å². The van der Waals surface area contributed by atoms with Crippen molar-refractivity contribution in [3.63, 3.8) is 0 Å². The van der Waals surface area contributed by atoms with Gasteiger partial charge in [0.15, 0.2) is 5.65 Å². The number of hydrogen-bond acceptors (Lipinski definition) is 9. The normalized spacial score (nSPS) is 15.8. The van der Waals surface area contributed by atoms with Crippen molar-refractivity contribution in [3.05, 3.63) is 42.0 Å². The molecule has 0 aliphatic carbocycles. The topological polar surface area (TPSA) is 147 Å². The van der Waals surface area contributed by atoms with E-state index >= 15 is 0 Å². The van der Waals surface area contributed by atoms with Crippen LogP contribution >= 0.6 is 0 Å². The zero-order valence-electron chi connectivity index (χ0n) is 17.1. The number of carbonyl (C=O) groups is 1. The summed E-state index contributed by atoms with van der Waals surface area (Å²) >= 11 is 0. The molecule has 10 heteroatoms. The fourth-order valence-corrected chi connectivity index (χ4v) is 3.54. The predicted molar refractivity (Wildman–Crippen MR) is 116 cm³/mol. The highest BCUT2D eigenvalue weighted by molar-refractivity contribution is 5.95. The lowest BCUT2D eigenvalue weighted by molar-refractivity contribution is -0.114. The maximum absolute atomic E-state index is 12.0. The van der Waals surface area contributed by atoms with Gasteiger partial charge in [0.05, 0.1) is 37.4 Å². The number of aliphatic hydroxyl groups is 2. The largest absolute Gasteiger partial charge is 0.393 e. The average Bonchev–Trinajstić information content (AvgIpc) is 2.83. The summed E-state index contributed by atoms with van der Waals surface area (Å²) in [6.07, 6.45) is 0. The van der Waals surface area contributed by atoms with E-state index in [1.165, 1.54) is 0 Å². The number of aromatic nitrogens is 3. The van der Waals surface area contributed by atoms with Crippen LogP contribution in [0.3, 0.4) is 0 Å². The molecular weight excluding hydrogens is 400 g/mol. The summed E-state index contributed by atoms with van der Waals surface area (Å²) < 4.78 is 5.57. The van der Waals surface area contributed by atoms with Gasteiger partial charge in [-0.1, -0.05) is 12.1 Å². The number of nitrogens with two attached hydrogens (primary N) is 1. The number of nitrogens with zero attached hydrogens (tertiary/aromatic N) is 4. The van der Waals surface area contributed by atoms with Gasteiger partial charge in [0.1, 0.15) is 11.4 Å². The van der Waals surface area contributed by atoms with Crippen molar-refractivity contribution < 1.29 is 19.7 Å². The first-order chi connectivity index (χ1) is 15.0. The van der Waals surface area contributed by atoms with Crippen LogP contribution in [0.4, 0.5) is 11.8 Å². The number of benzene rings is 1. The van der Waals surface area contributed by atoms with E-state index in [-0.39, 0.29) is 31.5 Å². The number of fused-ring (bicyclic) bond motifs is 1. The molecule has 1 amide bonds. The Hall–Kier alpha value is -3.34. The minimum Gasteiger partial charge on any atom is -0.393 e. The molecule has 162 valence electrons. The van der Waals surface area contributed by atoms with Crippen LogP contribution in [0.25, 0.3) is 22.3 Å². The molecule has 1 aromatic carbocycles. The van der Waals surface area contributed by atoms with Gasteiger partial charge < -0.3 is 30.9 Å². The Morgan fingerprint density at radius 2 is 2.03 bits per heavy atom. The molecule has 0 radical (unpaired) electrons. The molecule has 2 aromatic heterocycles. The number of anilines is 2. The number of nitrogens with one attached hydrogen (secondary N) is 1. The Balaban J connectivity index is 1.72. The maximum atomic E-state index is 12.0. The number of pyridine rings is 1. The summed E-state index contributed by atoms with van der Waals surface area (Å²) in [5.74, 6) is 0.451. The van der Waals surface area contributed by atoms with Gasteiger partial charge in [0.25, 0.3) is 5.91 Å². The first-order valence-corrected chi connectivity index (χ1v) is 9.86. The van der Waals surface area contributed by atoms with E-state index in [1.807, 2.05) is 17.0 Å². The van der Waals surface area contributed by atoms with Crippen LogP contribution in [0.1, 0.15) is 10.4 Å². The Morgan fingerprint density at radius 3 is 2.77 bits per heavy atom. The van der Waals surface area contributed by atoms with Crippen LogP contribution in [-0.2, 0) is 4.74 Å². The van der Waals surface area contributed by atoms with Crippen LogP contribution in [0.2, 0.25) is 0 Å². The van der Waals surface area contributed by atoms with Crippen molar-refractivity contribution in [2.24, 2.45) is 0 Å². The van der Waals surface area contributed by atoms with Crippen molar-refractivity contribution in [2.45, 2.75) is 5.60 Å². The highest BCUT2D eigenvalue weighted by Gasteiger charge is 2.37. The monoisotopic (exact) mass is 424 g/mol. The van der Waals surface area contributed by atoms with Crippen molar-refractivity contribution in [2.75, 3.05) is 50.6 Å². The van der Waals surface area contributed by atoms with Crippen LogP contribution in [-0.4, -0.2) is 76.6 Å². The standard InChI is InChI=1S/C21H24N6O4/c1-23-19(30)14-4-2-3-13(9-14)16-6-5-15-17(22)25-20(26-18(15)24-16)27-7-8-31-21(10-27,11-28)12-29/h2-6,9,28-29H,7-8,10-12H2,1H3,(H,23,30)(H2,22,24,25,26). The summed E-state index contributed by atoms with van der Waals surface area (Å²) in [6, 6.07) is 10.8. The molecule has 0 spiro atoms. The molecule has 10 nitrogen and oxygen atoms in total. The Morgan fingerprint density at radius 1 is 1.23 bits per heavy atom. The molecule has 1 fully saturated rings. The van der Waals surface area contributed by atoms with E-state index in [1.54, 1.807) is 31.3 Å². The van der Waals surface area contributed by atoms with Crippen LogP contribution in [0.15, 0.2) is 36.4 Å². The van der Waals surface area contributed by atoms with E-state index in [0.29, 0.717) is 41.4 Å². The SMILES string of the molecule is CNC(=O)c1cccc(-c2ccc3c(N)nc(N4CCOC(CO)(CO)C4)nc3n2)c1. The number of hydrogen-bond donors (Lipinski definition) is 4. The molecule has 1 aliphatic heterocycles. The second kappa shape index (κ2) is 8.42. The van der Waals surface area contributed by atoms with Gasteiger partial charge in [0.2, 0.25) is 5.95 Å². The Kier molecular flexibility index (Phi) is 5.68. The zero-order chi connectivity index (χ0) is 22.0. The average molecular weight is 424 g/mol. The summed E-state index contributed by atoms with van der Waals surface area (Å²) in [4.78, 5) is 27.4. The number of amides is 1. The molecule has 0 saturated carbocycles. The lowest BCUT2D eigenvalue weighted by Gasteiger charge is -2.40. The quantitative estimate of drug-likeness (QED) is 0.451. The third-order valence-corrected chi connectivity index (χ3v) is 5.33. The lowest BCUT2D eigenvalue weighted by atomic mass is 10.0. The molecule has 4 rings (SSSR count). The number of morpholine rings is 1. The first kappa shape index (κ1) is 20.9. The summed E-state index contributed by atoms with van der Waals surface area (Å²) in [6.45, 7) is 0.363. The van der Waals surface area contributed by atoms with Crippen LogP contribution in [0, 0.1) is 0 Å². The molecular formula is C21H24N6O4. The van der Waals surface area contributed by atoms with Gasteiger partial charge in [-0.2, -0.15) is 9.97 Å². The van der Waals surface area contributed by atoms with Gasteiger partial charge in [-0.25, -0.2) is 4.98 Å². The summed E-state index contributed by atoms with van der Waals surface area (Å²) in [5.41, 5.74) is 7.44. The van der Waals surface area contributed by atoms with E-state index < -0.39 is 5.60 Å². The number of ether oxygens (including phenoxy) is 1. The molecule has 3 aromatic rings. The van der Waals surface area contributed by atoms with E-state index in [9.17, 15) is 15.0 Å². The minimum atomic E-state index is -1.08. The van der Waals surface area contributed by atoms with E-state index in [0.717, 1.165) is 5.56 Å². The first-order valence-electron chi connectivity index (χ1n) is 9.86. The fraction of sp³-hybridized carbons (Fsp3) is 0.333. The fourth-order valence-electron chi connectivity index (χ4n) is 3.54. The summed E-state index contributed by atoms with van der Waals surface area (Å²) in [5, 5.41) is 22.5. The highest BCUT2D eigenvalue weighted by Crippen LogP contribution is 2.27. The molecule has 0 unspecified atom stereocenters. The van der Waals surface area contributed by atoms with Gasteiger partial charge in [-0.15, -0.1) is 0 Å². The van der Waals surface area contributed by atoms with Gasteiger partial charge in [-0.05, 0) is 24.3 Å². The highest BCUT2D eigenvalue weighted by atomic mass is 16.5. The smallest absolute Gasteiger partial charge is 0.251 e. The van der Waals surface area contributed by atoms with Crippen molar-refractivity contribution in [1.82, 2.24) is 20.3 Å². The minimum absolute atomic E-state index is 0.180. The molecule has 5 N–H and O–H groups in total. The predicted octanol–water partition coefficient (Wildman–Crippen LogP) is 0.194. The Bertz CT molecular complexity index is 1120. The van der Waals surface area contributed by atoms with Crippen LogP contribution in [0.5, 0.6) is 0 Å². The van der Waals surface area contributed by atoms with Crippen molar-refractivity contribution >= 4 is 28.7 Å². The molecule has 0 atom stereocenters. The van der Waals surface area contributed by atoms with Gasteiger partial charge in [0, 0.05) is 24.7 Å². The lowest BCUT2D eigenvalue weighted by Crippen LogP contribution is -2.56. The van der Waals surface area contributed by atoms with Gasteiger partial charge >= 0.3 is 0 Å². The van der Waals surface area contributed by atoms with E-state index in [2.05, 4.69) is 20.3 Å². The third kappa shape index (κ3) is 4.00. The molecule has 3 heterocycles. The van der Waals surface area contributed by atoms with E-state index in [4.69, 9.17) is 10.5 Å². The number of rotatable bonds is 5. The molecule has 0 bridgehead atoms. The summed E-state index contributed by atoms with van der Waals surface area (Å²) in [7, 11) is 1.58. The number of nitrogen functional groups attached to an aromatic ring is 1. The second-order valence-electron chi connectivity index (χ2n) is 7.41. The number of carbonyl (C=O) groups excluding carboxylic acids is 1. The zero-order valence-corrected chi connectivity index (χ0v) is 17.1. The van der Waals surface area contributed by atoms with Crippen LogP contribution < -0.4 is 16.0 Å². The molecule has 1 aliphatic rings. The maximum Gasteiger partial charge on any atom is 0.251 e. The molecule has 31 heavy (non-hydrogen) atoms. The Labute approximate surface area is 178 Å². The number of aliphatic hydroxyl groups excluding tert-OH is 2. The second-order valence-corrected chi connectivity index (χ2v) is 7.41. The molecule has 1 saturated heterocycles. The van der Waals surface area contributed by atoms with Crippen molar-refractivity contribution in [3.8, 4) is 11.3 Å². The van der Waals surface area contributed by atoms with Crippen molar-refractivity contribution in [1.29, 1.82) is 0 Å². The third-order valence-electron chi connectivity index (χ3n) is 5.33.